The molecule has 180 valence electrons. The summed E-state index contributed by atoms with van der Waals surface area (Å²) in [6.45, 7) is 4.65. The number of nitrogens with one attached hydrogen (secondary N) is 2. The second-order valence-corrected chi connectivity index (χ2v) is 8.64. The molecule has 3 aromatic heterocycles. The van der Waals surface area contributed by atoms with Crippen LogP contribution in [0.5, 0.6) is 0 Å². The number of carbonyl (C=O) groups is 1. The number of amides is 1. The van der Waals surface area contributed by atoms with Crippen LogP contribution in [-0.2, 0) is 13.0 Å². The zero-order valence-corrected chi connectivity index (χ0v) is 20.3. The van der Waals surface area contributed by atoms with Gasteiger partial charge in [-0.3, -0.25) is 9.78 Å². The lowest BCUT2D eigenvalue weighted by molar-refractivity contribution is 0.0951. The largest absolute Gasteiger partial charge is 0.348 e. The number of anilines is 2. The van der Waals surface area contributed by atoms with E-state index in [1.807, 2.05) is 61.5 Å². The van der Waals surface area contributed by atoms with Gasteiger partial charge < -0.3 is 10.6 Å². The molecule has 5 aromatic rings. The van der Waals surface area contributed by atoms with Crippen molar-refractivity contribution in [1.82, 2.24) is 29.9 Å². The Hall–Kier alpha value is -4.59. The van der Waals surface area contributed by atoms with Gasteiger partial charge in [-0.05, 0) is 55.3 Å². The predicted molar refractivity (Wildman–Crippen MR) is 140 cm³/mol. The third-order valence-corrected chi connectivity index (χ3v) is 5.78. The van der Waals surface area contributed by atoms with Crippen molar-refractivity contribution in [2.24, 2.45) is 0 Å². The summed E-state index contributed by atoms with van der Waals surface area (Å²) in [5, 5.41) is 11.0. The van der Waals surface area contributed by atoms with E-state index in [4.69, 9.17) is 0 Å². The molecule has 1 amide bonds. The fourth-order valence-electron chi connectivity index (χ4n) is 3.85. The molecule has 0 radical (unpaired) electrons. The third kappa shape index (κ3) is 5.22. The maximum Gasteiger partial charge on any atom is 0.254 e. The van der Waals surface area contributed by atoms with Crippen molar-refractivity contribution in [2.75, 3.05) is 5.32 Å². The van der Waals surface area contributed by atoms with Gasteiger partial charge in [0.2, 0.25) is 0 Å². The van der Waals surface area contributed by atoms with Crippen LogP contribution in [0.3, 0.4) is 0 Å². The number of hydrogen-bond donors (Lipinski definition) is 2. The van der Waals surface area contributed by atoms with Crippen LogP contribution < -0.4 is 10.6 Å². The van der Waals surface area contributed by atoms with Crippen molar-refractivity contribution in [3.05, 3.63) is 102 Å². The standard InChI is InChI=1S/C28H27N7O/c1-3-5-24-16-25(35-28(32-24)33-26(34-35)22-6-4-15-29-18-22)31-23-13-11-21(12-14-23)27(36)30-17-20-9-7-19(2)8-10-20/h4,6-16,18,31H,3,5,17H2,1-2H3,(H,30,36). The van der Waals surface area contributed by atoms with E-state index >= 15 is 0 Å². The van der Waals surface area contributed by atoms with E-state index in [2.05, 4.69) is 37.6 Å². The van der Waals surface area contributed by atoms with E-state index < -0.39 is 0 Å². The molecule has 0 fully saturated rings. The quantitative estimate of drug-likeness (QED) is 0.322. The lowest BCUT2D eigenvalue weighted by atomic mass is 10.1. The third-order valence-electron chi connectivity index (χ3n) is 5.78. The summed E-state index contributed by atoms with van der Waals surface area (Å²) in [6.07, 6.45) is 5.26. The van der Waals surface area contributed by atoms with Crippen molar-refractivity contribution >= 4 is 23.2 Å². The molecule has 0 aliphatic heterocycles. The summed E-state index contributed by atoms with van der Waals surface area (Å²) < 4.78 is 1.70. The topological polar surface area (TPSA) is 97.1 Å². The Morgan fingerprint density at radius 3 is 2.53 bits per heavy atom. The molecule has 0 bridgehead atoms. The van der Waals surface area contributed by atoms with Gasteiger partial charge in [-0.15, -0.1) is 5.10 Å². The van der Waals surface area contributed by atoms with E-state index in [0.29, 0.717) is 23.7 Å². The average Bonchev–Trinajstić information content (AvgIpc) is 3.34. The average molecular weight is 478 g/mol. The Morgan fingerprint density at radius 1 is 1.00 bits per heavy atom. The first-order valence-electron chi connectivity index (χ1n) is 12.0. The zero-order chi connectivity index (χ0) is 24.9. The molecule has 0 aliphatic carbocycles. The van der Waals surface area contributed by atoms with E-state index in [1.54, 1.807) is 29.0 Å². The van der Waals surface area contributed by atoms with Crippen LogP contribution in [0.4, 0.5) is 11.5 Å². The summed E-state index contributed by atoms with van der Waals surface area (Å²) >= 11 is 0. The van der Waals surface area contributed by atoms with Crippen LogP contribution in [0.15, 0.2) is 79.1 Å². The first-order chi connectivity index (χ1) is 17.6. The number of fused-ring (bicyclic) bond motifs is 1. The summed E-state index contributed by atoms with van der Waals surface area (Å²) in [7, 11) is 0. The first-order valence-corrected chi connectivity index (χ1v) is 12.0. The maximum absolute atomic E-state index is 12.6. The summed E-state index contributed by atoms with van der Waals surface area (Å²) in [4.78, 5) is 26.1. The summed E-state index contributed by atoms with van der Waals surface area (Å²) in [5.74, 6) is 1.72. The minimum absolute atomic E-state index is 0.115. The number of rotatable bonds is 8. The SMILES string of the molecule is CCCc1cc(Nc2ccc(C(=O)NCc3ccc(C)cc3)cc2)n2nc(-c3cccnc3)nc2n1. The number of aromatic nitrogens is 5. The molecule has 3 heterocycles. The first kappa shape index (κ1) is 23.2. The van der Waals surface area contributed by atoms with E-state index in [0.717, 1.165) is 41.2 Å². The Labute approximate surface area is 209 Å². The lowest BCUT2D eigenvalue weighted by Gasteiger charge is -2.11. The smallest absolute Gasteiger partial charge is 0.254 e. The van der Waals surface area contributed by atoms with Crippen molar-refractivity contribution < 1.29 is 4.79 Å². The Balaban J connectivity index is 1.35. The van der Waals surface area contributed by atoms with Gasteiger partial charge in [0.1, 0.15) is 5.82 Å². The molecule has 0 unspecified atom stereocenters. The molecule has 2 aromatic carbocycles. The monoisotopic (exact) mass is 477 g/mol. The molecule has 8 heteroatoms. The van der Waals surface area contributed by atoms with Crippen molar-refractivity contribution in [3.63, 3.8) is 0 Å². The van der Waals surface area contributed by atoms with Gasteiger partial charge in [0.25, 0.3) is 11.7 Å². The summed E-state index contributed by atoms with van der Waals surface area (Å²) in [6, 6.07) is 21.3. The number of carbonyl (C=O) groups excluding carboxylic acids is 1. The van der Waals surface area contributed by atoms with Gasteiger partial charge in [-0.1, -0.05) is 43.2 Å². The lowest BCUT2D eigenvalue weighted by Crippen LogP contribution is -2.22. The van der Waals surface area contributed by atoms with Crippen molar-refractivity contribution in [3.8, 4) is 11.4 Å². The molecular formula is C28H27N7O. The fraction of sp³-hybridized carbons (Fsp3) is 0.179. The second-order valence-electron chi connectivity index (χ2n) is 8.64. The van der Waals surface area contributed by atoms with Gasteiger partial charge in [0, 0.05) is 47.5 Å². The molecule has 5 rings (SSSR count). The van der Waals surface area contributed by atoms with Crippen LogP contribution in [0.1, 0.15) is 40.5 Å². The van der Waals surface area contributed by atoms with Crippen LogP contribution in [0.2, 0.25) is 0 Å². The van der Waals surface area contributed by atoms with Gasteiger partial charge >= 0.3 is 0 Å². The second kappa shape index (κ2) is 10.4. The number of aryl methyl sites for hydroxylation is 2. The maximum atomic E-state index is 12.6. The molecular weight excluding hydrogens is 450 g/mol. The number of nitrogens with zero attached hydrogens (tertiary/aromatic N) is 5. The van der Waals surface area contributed by atoms with Crippen LogP contribution in [0, 0.1) is 6.92 Å². The molecule has 0 spiro atoms. The zero-order valence-electron chi connectivity index (χ0n) is 20.3. The highest BCUT2D eigenvalue weighted by Gasteiger charge is 2.13. The molecule has 0 saturated carbocycles. The molecule has 0 atom stereocenters. The minimum atomic E-state index is -0.115. The Bertz CT molecular complexity index is 1480. The minimum Gasteiger partial charge on any atom is -0.348 e. The highest BCUT2D eigenvalue weighted by Crippen LogP contribution is 2.22. The predicted octanol–water partition coefficient (Wildman–Crippen LogP) is 5.12. The molecule has 36 heavy (non-hydrogen) atoms. The van der Waals surface area contributed by atoms with E-state index in [-0.39, 0.29) is 5.91 Å². The molecule has 0 saturated heterocycles. The summed E-state index contributed by atoms with van der Waals surface area (Å²) in [5.41, 5.74) is 5.45. The van der Waals surface area contributed by atoms with Crippen LogP contribution in [-0.4, -0.2) is 30.5 Å². The van der Waals surface area contributed by atoms with Gasteiger partial charge in [0.15, 0.2) is 5.82 Å². The number of benzene rings is 2. The van der Waals surface area contributed by atoms with Gasteiger partial charge in [0.05, 0.1) is 0 Å². The van der Waals surface area contributed by atoms with Gasteiger partial charge in [-0.25, -0.2) is 4.98 Å². The normalized spacial score (nSPS) is 10.9. The van der Waals surface area contributed by atoms with Crippen molar-refractivity contribution in [2.45, 2.75) is 33.2 Å². The molecule has 2 N–H and O–H groups in total. The molecule has 0 aliphatic rings. The van der Waals surface area contributed by atoms with Crippen LogP contribution in [0.25, 0.3) is 17.2 Å². The highest BCUT2D eigenvalue weighted by molar-refractivity contribution is 5.94. The van der Waals surface area contributed by atoms with E-state index in [1.165, 1.54) is 5.56 Å². The Kier molecular flexibility index (Phi) is 6.66. The molecule has 8 nitrogen and oxygen atoms in total. The number of hydrogen-bond acceptors (Lipinski definition) is 6. The number of pyridine rings is 1. The van der Waals surface area contributed by atoms with Gasteiger partial charge in [-0.2, -0.15) is 9.50 Å². The fourth-order valence-corrected chi connectivity index (χ4v) is 3.85. The van der Waals surface area contributed by atoms with E-state index in [9.17, 15) is 4.79 Å². The Morgan fingerprint density at radius 2 is 1.81 bits per heavy atom. The van der Waals surface area contributed by atoms with Crippen LogP contribution >= 0.6 is 0 Å². The highest BCUT2D eigenvalue weighted by atomic mass is 16.1. The van der Waals surface area contributed by atoms with Crippen molar-refractivity contribution in [1.29, 1.82) is 0 Å².